The Morgan fingerprint density at radius 1 is 1.19 bits per heavy atom. The molecule has 2 aromatic carbocycles. The van der Waals surface area contributed by atoms with Crippen molar-refractivity contribution in [3.8, 4) is 11.4 Å². The highest BCUT2D eigenvalue weighted by Crippen LogP contribution is 2.28. The standard InChI is InChI=1S/C23H26F2N4O3/c1-5-9-14(3)32-20-13-19(29-23(31)28(4)21(6-2)27-29)17(25)12-15(20)22(30)26-18-11-8-7-10-16(18)24/h7-8,10-14H,5-6,9H2,1-4H3,(H,26,30)/t14-/m0/s1. The van der Waals surface area contributed by atoms with Gasteiger partial charge in [-0.25, -0.2) is 13.6 Å². The van der Waals surface area contributed by atoms with E-state index in [0.717, 1.165) is 17.2 Å². The number of nitrogens with zero attached hydrogens (tertiary/aromatic N) is 3. The Hall–Kier alpha value is -3.49. The van der Waals surface area contributed by atoms with Crippen LogP contribution in [0.4, 0.5) is 14.5 Å². The topological polar surface area (TPSA) is 78.2 Å². The van der Waals surface area contributed by atoms with Crippen molar-refractivity contribution in [3.05, 3.63) is 69.9 Å². The Balaban J connectivity index is 2.09. The zero-order valence-corrected chi connectivity index (χ0v) is 18.5. The summed E-state index contributed by atoms with van der Waals surface area (Å²) in [7, 11) is 1.56. The van der Waals surface area contributed by atoms with Crippen LogP contribution in [0.1, 0.15) is 49.8 Å². The van der Waals surface area contributed by atoms with E-state index in [-0.39, 0.29) is 28.8 Å². The fourth-order valence-corrected chi connectivity index (χ4v) is 3.36. The molecule has 3 aromatic rings. The number of nitrogens with one attached hydrogen (secondary N) is 1. The van der Waals surface area contributed by atoms with Crippen molar-refractivity contribution in [1.29, 1.82) is 0 Å². The van der Waals surface area contributed by atoms with Crippen LogP contribution < -0.4 is 15.7 Å². The van der Waals surface area contributed by atoms with Gasteiger partial charge in [-0.3, -0.25) is 9.36 Å². The molecule has 3 rings (SSSR count). The second kappa shape index (κ2) is 9.76. The highest BCUT2D eigenvalue weighted by molar-refractivity contribution is 6.06. The molecule has 0 spiro atoms. The molecule has 0 unspecified atom stereocenters. The quantitative estimate of drug-likeness (QED) is 0.564. The lowest BCUT2D eigenvalue weighted by atomic mass is 10.1. The van der Waals surface area contributed by atoms with Gasteiger partial charge in [-0.1, -0.05) is 32.4 Å². The number of anilines is 1. The minimum absolute atomic E-state index is 0.0388. The van der Waals surface area contributed by atoms with Crippen LogP contribution in [0, 0.1) is 11.6 Å². The van der Waals surface area contributed by atoms with Gasteiger partial charge in [0.25, 0.3) is 5.91 Å². The molecule has 0 aliphatic rings. The van der Waals surface area contributed by atoms with E-state index in [0.29, 0.717) is 18.7 Å². The summed E-state index contributed by atoms with van der Waals surface area (Å²) in [5.41, 5.74) is -0.802. The summed E-state index contributed by atoms with van der Waals surface area (Å²) in [5.74, 6) is -1.62. The van der Waals surface area contributed by atoms with Crippen LogP contribution in [-0.2, 0) is 13.5 Å². The molecule has 0 aliphatic carbocycles. The summed E-state index contributed by atoms with van der Waals surface area (Å²) in [6, 6.07) is 7.94. The fourth-order valence-electron chi connectivity index (χ4n) is 3.36. The summed E-state index contributed by atoms with van der Waals surface area (Å²) in [6.45, 7) is 5.65. The van der Waals surface area contributed by atoms with E-state index in [4.69, 9.17) is 4.74 Å². The normalized spacial score (nSPS) is 11.9. The summed E-state index contributed by atoms with van der Waals surface area (Å²) in [4.78, 5) is 25.5. The molecule has 0 radical (unpaired) electrons. The molecule has 1 atom stereocenters. The van der Waals surface area contributed by atoms with E-state index in [2.05, 4.69) is 10.4 Å². The van der Waals surface area contributed by atoms with Gasteiger partial charge in [0.05, 0.1) is 17.4 Å². The zero-order valence-electron chi connectivity index (χ0n) is 18.5. The van der Waals surface area contributed by atoms with Crippen molar-refractivity contribution < 1.29 is 18.3 Å². The maximum atomic E-state index is 15.1. The minimum Gasteiger partial charge on any atom is -0.490 e. The molecule has 0 fully saturated rings. The summed E-state index contributed by atoms with van der Waals surface area (Å²) in [6.07, 6.45) is 1.75. The number of ether oxygens (including phenoxy) is 1. The molecule has 1 aromatic heterocycles. The maximum Gasteiger partial charge on any atom is 0.350 e. The summed E-state index contributed by atoms with van der Waals surface area (Å²) < 4.78 is 37.3. The number of carbonyl (C=O) groups excluding carboxylic acids is 1. The second-order valence-corrected chi connectivity index (χ2v) is 7.47. The Bertz CT molecular complexity index is 1190. The summed E-state index contributed by atoms with van der Waals surface area (Å²) >= 11 is 0. The van der Waals surface area contributed by atoms with Gasteiger partial charge in [-0.2, -0.15) is 4.68 Å². The van der Waals surface area contributed by atoms with Gasteiger partial charge in [0.1, 0.15) is 28.9 Å². The molecule has 1 heterocycles. The van der Waals surface area contributed by atoms with E-state index in [1.54, 1.807) is 13.1 Å². The number of amides is 1. The van der Waals surface area contributed by atoms with E-state index >= 15 is 4.39 Å². The third-order valence-electron chi connectivity index (χ3n) is 5.05. The van der Waals surface area contributed by atoms with E-state index in [1.807, 2.05) is 20.8 Å². The third kappa shape index (κ3) is 4.71. The molecule has 0 aliphatic heterocycles. The van der Waals surface area contributed by atoms with Gasteiger partial charge in [0.15, 0.2) is 0 Å². The number of benzene rings is 2. The van der Waals surface area contributed by atoms with Crippen molar-refractivity contribution in [2.45, 2.75) is 46.1 Å². The van der Waals surface area contributed by atoms with Gasteiger partial charge in [0, 0.05) is 19.5 Å². The van der Waals surface area contributed by atoms with Crippen LogP contribution in [0.5, 0.6) is 5.75 Å². The largest absolute Gasteiger partial charge is 0.490 e. The first-order valence-electron chi connectivity index (χ1n) is 10.5. The van der Waals surface area contributed by atoms with Crippen molar-refractivity contribution in [2.75, 3.05) is 5.32 Å². The molecule has 7 nitrogen and oxygen atoms in total. The lowest BCUT2D eigenvalue weighted by molar-refractivity contribution is 0.101. The number of aromatic nitrogens is 3. The highest BCUT2D eigenvalue weighted by atomic mass is 19.1. The second-order valence-electron chi connectivity index (χ2n) is 7.47. The molecule has 32 heavy (non-hydrogen) atoms. The van der Waals surface area contributed by atoms with Crippen molar-refractivity contribution >= 4 is 11.6 Å². The van der Waals surface area contributed by atoms with Crippen molar-refractivity contribution in [1.82, 2.24) is 14.3 Å². The van der Waals surface area contributed by atoms with Gasteiger partial charge in [0.2, 0.25) is 0 Å². The Kier molecular flexibility index (Phi) is 7.07. The number of hydrogen-bond acceptors (Lipinski definition) is 4. The summed E-state index contributed by atoms with van der Waals surface area (Å²) in [5, 5.41) is 6.63. The highest BCUT2D eigenvalue weighted by Gasteiger charge is 2.23. The van der Waals surface area contributed by atoms with Gasteiger partial charge in [-0.15, -0.1) is 5.10 Å². The molecule has 1 amide bonds. The predicted molar refractivity (Wildman–Crippen MR) is 117 cm³/mol. The average Bonchev–Trinajstić information content (AvgIpc) is 3.04. The number of para-hydroxylation sites is 1. The Labute approximate surface area is 184 Å². The number of hydrogen-bond donors (Lipinski definition) is 1. The molecule has 1 N–H and O–H groups in total. The molecule has 170 valence electrons. The number of halogens is 2. The smallest absolute Gasteiger partial charge is 0.350 e. The average molecular weight is 444 g/mol. The van der Waals surface area contributed by atoms with Crippen LogP contribution in [0.25, 0.3) is 5.69 Å². The molecular formula is C23H26F2N4O3. The molecule has 9 heteroatoms. The van der Waals surface area contributed by atoms with Crippen LogP contribution in [0.3, 0.4) is 0 Å². The maximum absolute atomic E-state index is 15.1. The van der Waals surface area contributed by atoms with Gasteiger partial charge < -0.3 is 10.1 Å². The first-order valence-corrected chi connectivity index (χ1v) is 10.5. The number of carbonyl (C=O) groups is 1. The van der Waals surface area contributed by atoms with Crippen LogP contribution in [-0.4, -0.2) is 26.4 Å². The molecule has 0 bridgehead atoms. The van der Waals surface area contributed by atoms with Crippen LogP contribution >= 0.6 is 0 Å². The Morgan fingerprint density at radius 2 is 1.91 bits per heavy atom. The van der Waals surface area contributed by atoms with Gasteiger partial charge in [-0.05, 0) is 31.5 Å². The SMILES string of the molecule is CCC[C@H](C)Oc1cc(-n2nc(CC)n(C)c2=O)c(F)cc1C(=O)Nc1ccccc1F. The van der Waals surface area contributed by atoms with E-state index < -0.39 is 23.2 Å². The molecule has 0 saturated heterocycles. The third-order valence-corrected chi connectivity index (χ3v) is 5.05. The fraction of sp³-hybridized carbons (Fsp3) is 0.348. The lowest BCUT2D eigenvalue weighted by Crippen LogP contribution is -2.24. The lowest BCUT2D eigenvalue weighted by Gasteiger charge is -2.18. The first-order chi connectivity index (χ1) is 15.3. The predicted octanol–water partition coefficient (Wildman–Crippen LogP) is 4.23. The number of aryl methyl sites for hydroxylation is 1. The first kappa shape index (κ1) is 23.2. The van der Waals surface area contributed by atoms with E-state index in [1.165, 1.54) is 28.8 Å². The molecule has 0 saturated carbocycles. The Morgan fingerprint density at radius 3 is 2.53 bits per heavy atom. The van der Waals surface area contributed by atoms with Crippen LogP contribution in [0.15, 0.2) is 41.2 Å². The molecular weight excluding hydrogens is 418 g/mol. The van der Waals surface area contributed by atoms with E-state index in [9.17, 15) is 14.0 Å². The number of rotatable bonds is 8. The van der Waals surface area contributed by atoms with Gasteiger partial charge >= 0.3 is 5.69 Å². The minimum atomic E-state index is -0.831. The van der Waals surface area contributed by atoms with Crippen molar-refractivity contribution in [3.63, 3.8) is 0 Å². The van der Waals surface area contributed by atoms with Crippen molar-refractivity contribution in [2.24, 2.45) is 7.05 Å². The zero-order chi connectivity index (χ0) is 23.4. The van der Waals surface area contributed by atoms with Crippen LogP contribution in [0.2, 0.25) is 0 Å². The monoisotopic (exact) mass is 444 g/mol.